The minimum absolute atomic E-state index is 0.0482. The highest BCUT2D eigenvalue weighted by molar-refractivity contribution is 9.10. The van der Waals surface area contributed by atoms with Crippen LogP contribution in [0.4, 0.5) is 0 Å². The highest BCUT2D eigenvalue weighted by Crippen LogP contribution is 2.15. The molecule has 0 unspecified atom stereocenters. The molecule has 0 radical (unpaired) electrons. The third-order valence-corrected chi connectivity index (χ3v) is 3.29. The van der Waals surface area contributed by atoms with Crippen LogP contribution in [0.2, 0.25) is 0 Å². The second-order valence-corrected chi connectivity index (χ2v) is 6.26. The molecule has 0 saturated heterocycles. The molecular formula is C14H23BrN2. The maximum atomic E-state index is 5.94. The van der Waals surface area contributed by atoms with E-state index < -0.39 is 0 Å². The van der Waals surface area contributed by atoms with E-state index in [0.717, 1.165) is 30.4 Å². The van der Waals surface area contributed by atoms with Gasteiger partial charge in [0.25, 0.3) is 0 Å². The molecule has 0 spiro atoms. The Morgan fingerprint density at radius 2 is 2.06 bits per heavy atom. The predicted molar refractivity (Wildman–Crippen MR) is 78.1 cm³/mol. The molecule has 1 aromatic carbocycles. The molecule has 1 aromatic rings. The van der Waals surface area contributed by atoms with Gasteiger partial charge in [-0.15, -0.1) is 0 Å². The number of nitrogens with one attached hydrogen (secondary N) is 1. The zero-order chi connectivity index (χ0) is 12.9. The monoisotopic (exact) mass is 298 g/mol. The summed E-state index contributed by atoms with van der Waals surface area (Å²) < 4.78 is 1.14. The Morgan fingerprint density at radius 1 is 1.35 bits per heavy atom. The third kappa shape index (κ3) is 6.20. The molecule has 0 heterocycles. The second kappa shape index (κ2) is 6.53. The fourth-order valence-electron chi connectivity index (χ4n) is 1.72. The standard InChI is InChI=1S/C14H23BrN2/c1-11-5-6-13(15)9-12(11)10-17-8-4-7-14(2,3)16/h5-6,9,17H,4,7-8,10,16H2,1-3H3. The highest BCUT2D eigenvalue weighted by Gasteiger charge is 2.09. The van der Waals surface area contributed by atoms with Crippen LogP contribution >= 0.6 is 15.9 Å². The molecule has 0 atom stereocenters. The normalized spacial score (nSPS) is 11.8. The van der Waals surface area contributed by atoms with Crippen LogP contribution in [0.5, 0.6) is 0 Å². The Hall–Kier alpha value is -0.380. The molecule has 0 bridgehead atoms. The summed E-state index contributed by atoms with van der Waals surface area (Å²) in [4.78, 5) is 0. The quantitative estimate of drug-likeness (QED) is 0.790. The molecular weight excluding hydrogens is 276 g/mol. The largest absolute Gasteiger partial charge is 0.326 e. The summed E-state index contributed by atoms with van der Waals surface area (Å²) >= 11 is 3.50. The smallest absolute Gasteiger partial charge is 0.0208 e. The number of halogens is 1. The fraction of sp³-hybridized carbons (Fsp3) is 0.571. The third-order valence-electron chi connectivity index (χ3n) is 2.80. The molecule has 0 aliphatic heterocycles. The van der Waals surface area contributed by atoms with Crippen LogP contribution in [0.25, 0.3) is 0 Å². The first-order chi connectivity index (χ1) is 7.88. The summed E-state index contributed by atoms with van der Waals surface area (Å²) in [6, 6.07) is 6.40. The number of rotatable bonds is 6. The van der Waals surface area contributed by atoms with Crippen LogP contribution in [0.1, 0.15) is 37.8 Å². The van der Waals surface area contributed by atoms with E-state index in [1.54, 1.807) is 0 Å². The molecule has 0 amide bonds. The van der Waals surface area contributed by atoms with Gasteiger partial charge in [0.15, 0.2) is 0 Å². The van der Waals surface area contributed by atoms with E-state index >= 15 is 0 Å². The number of benzene rings is 1. The zero-order valence-electron chi connectivity index (χ0n) is 11.0. The summed E-state index contributed by atoms with van der Waals surface area (Å²) in [5, 5.41) is 3.47. The van der Waals surface area contributed by atoms with Gasteiger partial charge in [0.2, 0.25) is 0 Å². The number of aryl methyl sites for hydroxylation is 1. The highest BCUT2D eigenvalue weighted by atomic mass is 79.9. The van der Waals surface area contributed by atoms with E-state index in [2.05, 4.69) is 60.2 Å². The summed E-state index contributed by atoms with van der Waals surface area (Å²) in [6.07, 6.45) is 2.17. The van der Waals surface area contributed by atoms with E-state index in [1.807, 2.05) is 0 Å². The summed E-state index contributed by atoms with van der Waals surface area (Å²) in [7, 11) is 0. The van der Waals surface area contributed by atoms with E-state index in [4.69, 9.17) is 5.73 Å². The Bertz CT molecular complexity index is 356. The Morgan fingerprint density at radius 3 is 2.71 bits per heavy atom. The molecule has 2 nitrogen and oxygen atoms in total. The van der Waals surface area contributed by atoms with Crippen molar-refractivity contribution in [2.45, 2.75) is 45.7 Å². The molecule has 0 aromatic heterocycles. The van der Waals surface area contributed by atoms with Gasteiger partial charge in [0.05, 0.1) is 0 Å². The average molecular weight is 299 g/mol. The molecule has 0 aliphatic rings. The van der Waals surface area contributed by atoms with E-state index in [-0.39, 0.29) is 5.54 Å². The van der Waals surface area contributed by atoms with Gasteiger partial charge in [-0.25, -0.2) is 0 Å². The van der Waals surface area contributed by atoms with Gasteiger partial charge in [-0.3, -0.25) is 0 Å². The first kappa shape index (κ1) is 14.7. The van der Waals surface area contributed by atoms with Gasteiger partial charge in [-0.2, -0.15) is 0 Å². The molecule has 0 fully saturated rings. The van der Waals surface area contributed by atoms with Gasteiger partial charge in [0, 0.05) is 16.6 Å². The summed E-state index contributed by atoms with van der Waals surface area (Å²) in [5.41, 5.74) is 8.58. The van der Waals surface area contributed by atoms with E-state index in [1.165, 1.54) is 11.1 Å². The maximum Gasteiger partial charge on any atom is 0.0208 e. The lowest BCUT2D eigenvalue weighted by Gasteiger charge is -2.18. The van der Waals surface area contributed by atoms with Crippen molar-refractivity contribution >= 4 is 15.9 Å². The van der Waals surface area contributed by atoms with Crippen LogP contribution in [-0.2, 0) is 6.54 Å². The fourth-order valence-corrected chi connectivity index (χ4v) is 2.13. The number of hydrogen-bond donors (Lipinski definition) is 2. The SMILES string of the molecule is Cc1ccc(Br)cc1CNCCCC(C)(C)N. The van der Waals surface area contributed by atoms with E-state index in [0.29, 0.717) is 0 Å². The predicted octanol–water partition coefficient (Wildman–Crippen LogP) is 3.36. The van der Waals surface area contributed by atoms with E-state index in [9.17, 15) is 0 Å². The summed E-state index contributed by atoms with van der Waals surface area (Å²) in [5.74, 6) is 0. The first-order valence-electron chi connectivity index (χ1n) is 6.13. The molecule has 17 heavy (non-hydrogen) atoms. The van der Waals surface area contributed by atoms with Crippen molar-refractivity contribution in [3.8, 4) is 0 Å². The minimum Gasteiger partial charge on any atom is -0.326 e. The second-order valence-electron chi connectivity index (χ2n) is 5.34. The van der Waals surface area contributed by atoms with Crippen LogP contribution in [0.15, 0.2) is 22.7 Å². The number of hydrogen-bond acceptors (Lipinski definition) is 2. The lowest BCUT2D eigenvalue weighted by atomic mass is 10.0. The van der Waals surface area contributed by atoms with Crippen molar-refractivity contribution in [3.05, 3.63) is 33.8 Å². The van der Waals surface area contributed by atoms with Crippen molar-refractivity contribution in [1.29, 1.82) is 0 Å². The minimum atomic E-state index is -0.0482. The van der Waals surface area contributed by atoms with Crippen LogP contribution in [0, 0.1) is 6.92 Å². The Labute approximate surface area is 113 Å². The van der Waals surface area contributed by atoms with Gasteiger partial charge in [0.1, 0.15) is 0 Å². The topological polar surface area (TPSA) is 38.0 Å². The molecule has 96 valence electrons. The van der Waals surface area contributed by atoms with Crippen LogP contribution in [0.3, 0.4) is 0 Å². The van der Waals surface area contributed by atoms with Crippen LogP contribution < -0.4 is 11.1 Å². The van der Waals surface area contributed by atoms with Crippen LogP contribution in [-0.4, -0.2) is 12.1 Å². The molecule has 0 aliphatic carbocycles. The lowest BCUT2D eigenvalue weighted by molar-refractivity contribution is 0.448. The average Bonchev–Trinajstić information content (AvgIpc) is 2.21. The Kier molecular flexibility index (Phi) is 5.63. The zero-order valence-corrected chi connectivity index (χ0v) is 12.6. The van der Waals surface area contributed by atoms with Crippen molar-refractivity contribution in [2.75, 3.05) is 6.54 Å². The van der Waals surface area contributed by atoms with Crippen molar-refractivity contribution < 1.29 is 0 Å². The lowest BCUT2D eigenvalue weighted by Crippen LogP contribution is -2.32. The molecule has 1 rings (SSSR count). The van der Waals surface area contributed by atoms with Gasteiger partial charge in [-0.05, 0) is 63.4 Å². The van der Waals surface area contributed by atoms with Gasteiger partial charge >= 0.3 is 0 Å². The van der Waals surface area contributed by atoms with Crippen molar-refractivity contribution in [1.82, 2.24) is 5.32 Å². The molecule has 3 heteroatoms. The van der Waals surface area contributed by atoms with Gasteiger partial charge < -0.3 is 11.1 Å². The number of nitrogens with two attached hydrogens (primary N) is 1. The van der Waals surface area contributed by atoms with Gasteiger partial charge in [-0.1, -0.05) is 22.0 Å². The molecule has 0 saturated carbocycles. The van der Waals surface area contributed by atoms with Crippen molar-refractivity contribution in [3.63, 3.8) is 0 Å². The Balaban J connectivity index is 2.29. The summed E-state index contributed by atoms with van der Waals surface area (Å²) in [6.45, 7) is 8.24. The molecule has 3 N–H and O–H groups in total. The maximum absolute atomic E-state index is 5.94. The van der Waals surface area contributed by atoms with Crippen molar-refractivity contribution in [2.24, 2.45) is 5.73 Å². The first-order valence-corrected chi connectivity index (χ1v) is 6.92.